The number of hydrogen-bond acceptors (Lipinski definition) is 3. The molecule has 2 aliphatic rings. The number of amides is 1. The summed E-state index contributed by atoms with van der Waals surface area (Å²) in [6.45, 7) is 10.9. The van der Waals surface area contributed by atoms with Crippen LogP contribution >= 0.6 is 0 Å². The minimum Gasteiger partial charge on any atom is -0.342 e. The highest BCUT2D eigenvalue weighted by atomic mass is 16.2. The molecule has 0 aliphatic carbocycles. The van der Waals surface area contributed by atoms with Gasteiger partial charge >= 0.3 is 0 Å². The van der Waals surface area contributed by atoms with Gasteiger partial charge < -0.3 is 10.2 Å². The lowest BCUT2D eigenvalue weighted by Gasteiger charge is -2.25. The van der Waals surface area contributed by atoms with E-state index in [1.165, 1.54) is 12.8 Å². The molecule has 1 atom stereocenters. The molecule has 4 nitrogen and oxygen atoms in total. The van der Waals surface area contributed by atoms with Gasteiger partial charge in [-0.1, -0.05) is 0 Å². The summed E-state index contributed by atoms with van der Waals surface area (Å²) in [6.07, 6.45) is 2.54. The second-order valence-electron chi connectivity index (χ2n) is 5.45. The predicted octanol–water partition coefficient (Wildman–Crippen LogP) is 0.540. The summed E-state index contributed by atoms with van der Waals surface area (Å²) in [7, 11) is 0. The van der Waals surface area contributed by atoms with Gasteiger partial charge in [0.1, 0.15) is 0 Å². The van der Waals surface area contributed by atoms with Crippen LogP contribution in [0.15, 0.2) is 0 Å². The van der Waals surface area contributed by atoms with Crippen LogP contribution in [0.25, 0.3) is 0 Å². The summed E-state index contributed by atoms with van der Waals surface area (Å²) in [5, 5.41) is 3.45. The Hall–Kier alpha value is -0.610. The molecular formula is C13H25N3O. The standard InChI is InChI=1S/C13H25N3O/c1-3-16(4-2)12(17)9-15-8-6-13(11-15)5-7-14-10-13/h14H,3-11H2,1-2H3. The average molecular weight is 239 g/mol. The summed E-state index contributed by atoms with van der Waals surface area (Å²) in [6, 6.07) is 0. The third kappa shape index (κ3) is 2.80. The molecule has 0 aromatic heterocycles. The fourth-order valence-electron chi connectivity index (χ4n) is 3.17. The van der Waals surface area contributed by atoms with Crippen molar-refractivity contribution in [2.45, 2.75) is 26.7 Å². The number of hydrogen-bond donors (Lipinski definition) is 1. The Bertz CT molecular complexity index is 270. The predicted molar refractivity (Wildman–Crippen MR) is 68.9 cm³/mol. The van der Waals surface area contributed by atoms with Crippen LogP contribution in [-0.2, 0) is 4.79 Å². The number of carbonyl (C=O) groups excluding carboxylic acids is 1. The third-order valence-electron chi connectivity index (χ3n) is 4.32. The molecule has 0 bridgehead atoms. The van der Waals surface area contributed by atoms with Gasteiger partial charge in [-0.25, -0.2) is 0 Å². The van der Waals surface area contributed by atoms with Crippen LogP contribution < -0.4 is 5.32 Å². The Kier molecular flexibility index (Phi) is 4.05. The molecule has 2 fully saturated rings. The average Bonchev–Trinajstić information content (AvgIpc) is 2.92. The highest BCUT2D eigenvalue weighted by Gasteiger charge is 2.40. The molecule has 0 saturated carbocycles. The first-order valence-electron chi connectivity index (χ1n) is 6.90. The maximum Gasteiger partial charge on any atom is 0.236 e. The second-order valence-corrected chi connectivity index (χ2v) is 5.45. The number of carbonyl (C=O) groups is 1. The van der Waals surface area contributed by atoms with Crippen LogP contribution in [0.2, 0.25) is 0 Å². The lowest BCUT2D eigenvalue weighted by atomic mass is 9.87. The molecule has 0 aromatic rings. The van der Waals surface area contributed by atoms with Crippen LogP contribution in [0, 0.1) is 5.41 Å². The first-order chi connectivity index (χ1) is 8.19. The molecule has 2 saturated heterocycles. The van der Waals surface area contributed by atoms with Gasteiger partial charge in [0.25, 0.3) is 0 Å². The van der Waals surface area contributed by atoms with E-state index in [4.69, 9.17) is 0 Å². The first kappa shape index (κ1) is 12.8. The minimum atomic E-state index is 0.290. The second kappa shape index (κ2) is 5.36. The minimum absolute atomic E-state index is 0.290. The van der Waals surface area contributed by atoms with Gasteiger partial charge in [-0.05, 0) is 45.2 Å². The molecule has 17 heavy (non-hydrogen) atoms. The Morgan fingerprint density at radius 3 is 2.71 bits per heavy atom. The van der Waals surface area contributed by atoms with E-state index in [2.05, 4.69) is 10.2 Å². The molecular weight excluding hydrogens is 214 g/mol. The van der Waals surface area contributed by atoms with Gasteiger partial charge in [-0.15, -0.1) is 0 Å². The van der Waals surface area contributed by atoms with Gasteiger partial charge in [0.15, 0.2) is 0 Å². The van der Waals surface area contributed by atoms with Crippen molar-refractivity contribution >= 4 is 5.91 Å². The topological polar surface area (TPSA) is 35.6 Å². The molecule has 2 aliphatic heterocycles. The van der Waals surface area contributed by atoms with Crippen molar-refractivity contribution in [3.63, 3.8) is 0 Å². The van der Waals surface area contributed by atoms with E-state index in [0.717, 1.165) is 39.3 Å². The van der Waals surface area contributed by atoms with Crippen molar-refractivity contribution in [1.82, 2.24) is 15.1 Å². The molecule has 1 amide bonds. The normalized spacial score (nSPS) is 29.1. The molecule has 98 valence electrons. The van der Waals surface area contributed by atoms with Crippen molar-refractivity contribution in [1.29, 1.82) is 0 Å². The zero-order chi connectivity index (χ0) is 12.3. The lowest BCUT2D eigenvalue weighted by molar-refractivity contribution is -0.131. The maximum atomic E-state index is 12.0. The lowest BCUT2D eigenvalue weighted by Crippen LogP contribution is -2.40. The number of likely N-dealkylation sites (tertiary alicyclic amines) is 1. The Labute approximate surface area is 104 Å². The molecule has 2 rings (SSSR count). The third-order valence-corrected chi connectivity index (χ3v) is 4.32. The Balaban J connectivity index is 1.83. The fourth-order valence-corrected chi connectivity index (χ4v) is 3.17. The summed E-state index contributed by atoms with van der Waals surface area (Å²) >= 11 is 0. The maximum absolute atomic E-state index is 12.0. The summed E-state index contributed by atoms with van der Waals surface area (Å²) in [5.41, 5.74) is 0.476. The highest BCUT2D eigenvalue weighted by Crippen LogP contribution is 2.35. The van der Waals surface area contributed by atoms with Gasteiger partial charge in [-0.3, -0.25) is 9.69 Å². The van der Waals surface area contributed by atoms with Crippen molar-refractivity contribution in [2.24, 2.45) is 5.41 Å². The van der Waals surface area contributed by atoms with Crippen molar-refractivity contribution in [2.75, 3.05) is 45.8 Å². The molecule has 1 N–H and O–H groups in total. The molecule has 1 spiro atoms. The number of rotatable bonds is 4. The Morgan fingerprint density at radius 2 is 2.12 bits per heavy atom. The highest BCUT2D eigenvalue weighted by molar-refractivity contribution is 5.78. The van der Waals surface area contributed by atoms with Crippen LogP contribution in [0.4, 0.5) is 0 Å². The molecule has 0 aromatic carbocycles. The molecule has 0 radical (unpaired) electrons. The quantitative estimate of drug-likeness (QED) is 0.778. The number of nitrogens with zero attached hydrogens (tertiary/aromatic N) is 2. The zero-order valence-electron chi connectivity index (χ0n) is 11.2. The van der Waals surface area contributed by atoms with E-state index in [1.54, 1.807) is 0 Å². The number of likely N-dealkylation sites (N-methyl/N-ethyl adjacent to an activating group) is 1. The molecule has 1 unspecified atom stereocenters. The van der Waals surface area contributed by atoms with Crippen molar-refractivity contribution < 1.29 is 4.79 Å². The van der Waals surface area contributed by atoms with Crippen molar-refractivity contribution in [3.8, 4) is 0 Å². The summed E-state index contributed by atoms with van der Waals surface area (Å²) in [5.74, 6) is 0.290. The fraction of sp³-hybridized carbons (Fsp3) is 0.923. The van der Waals surface area contributed by atoms with E-state index in [-0.39, 0.29) is 5.91 Å². The van der Waals surface area contributed by atoms with Gasteiger partial charge in [0.05, 0.1) is 6.54 Å². The van der Waals surface area contributed by atoms with E-state index in [9.17, 15) is 4.79 Å². The number of nitrogens with one attached hydrogen (secondary N) is 1. The first-order valence-corrected chi connectivity index (χ1v) is 6.90. The van der Waals surface area contributed by atoms with Crippen LogP contribution in [0.5, 0.6) is 0 Å². The van der Waals surface area contributed by atoms with Crippen LogP contribution in [0.1, 0.15) is 26.7 Å². The van der Waals surface area contributed by atoms with Gasteiger partial charge in [0, 0.05) is 26.2 Å². The Morgan fingerprint density at radius 1 is 1.35 bits per heavy atom. The van der Waals surface area contributed by atoms with Gasteiger partial charge in [0.2, 0.25) is 5.91 Å². The van der Waals surface area contributed by atoms with E-state index < -0.39 is 0 Å². The van der Waals surface area contributed by atoms with Crippen LogP contribution in [-0.4, -0.2) is 61.5 Å². The molecule has 2 heterocycles. The summed E-state index contributed by atoms with van der Waals surface area (Å²) < 4.78 is 0. The van der Waals surface area contributed by atoms with Gasteiger partial charge in [-0.2, -0.15) is 0 Å². The van der Waals surface area contributed by atoms with Crippen molar-refractivity contribution in [3.05, 3.63) is 0 Å². The van der Waals surface area contributed by atoms with E-state index in [1.807, 2.05) is 18.7 Å². The SMILES string of the molecule is CCN(CC)C(=O)CN1CCC2(CCNC2)C1. The van der Waals surface area contributed by atoms with E-state index >= 15 is 0 Å². The zero-order valence-corrected chi connectivity index (χ0v) is 11.2. The van der Waals surface area contributed by atoms with Crippen LogP contribution in [0.3, 0.4) is 0 Å². The summed E-state index contributed by atoms with van der Waals surface area (Å²) in [4.78, 5) is 16.3. The largest absolute Gasteiger partial charge is 0.342 e. The monoisotopic (exact) mass is 239 g/mol. The smallest absolute Gasteiger partial charge is 0.236 e. The van der Waals surface area contributed by atoms with E-state index in [0.29, 0.717) is 12.0 Å². The molecule has 4 heteroatoms.